The summed E-state index contributed by atoms with van der Waals surface area (Å²) in [6.45, 7) is 7.22. The van der Waals surface area contributed by atoms with Crippen LogP contribution in [-0.2, 0) is 0 Å². The fraction of sp³-hybridized carbons (Fsp3) is 0.500. The average Bonchev–Trinajstić information content (AvgIpc) is 2.31. The number of hydrogen-bond acceptors (Lipinski definition) is 1. The molecule has 0 heterocycles. The van der Waals surface area contributed by atoms with Crippen molar-refractivity contribution in [3.63, 3.8) is 0 Å². The molecule has 0 saturated carbocycles. The van der Waals surface area contributed by atoms with Gasteiger partial charge < -0.3 is 4.74 Å². The van der Waals surface area contributed by atoms with Gasteiger partial charge in [-0.3, -0.25) is 0 Å². The van der Waals surface area contributed by atoms with Gasteiger partial charge in [0.1, 0.15) is 5.75 Å². The van der Waals surface area contributed by atoms with Crippen LogP contribution < -0.4 is 4.74 Å². The van der Waals surface area contributed by atoms with Crippen molar-refractivity contribution < 1.29 is 4.74 Å². The second-order valence-electron chi connectivity index (χ2n) is 4.75. The van der Waals surface area contributed by atoms with E-state index in [4.69, 9.17) is 16.3 Å². The lowest BCUT2D eigenvalue weighted by Crippen LogP contribution is -2.01. The first-order valence-electron chi connectivity index (χ1n) is 6.41. The van der Waals surface area contributed by atoms with E-state index in [0.717, 1.165) is 36.3 Å². The molecule has 0 aliphatic rings. The zero-order valence-corrected chi connectivity index (χ0v) is 12.2. The van der Waals surface area contributed by atoms with Gasteiger partial charge in [0.15, 0.2) is 0 Å². The molecule has 98 valence electrons. The summed E-state index contributed by atoms with van der Waals surface area (Å²) >= 11 is 5.59. The van der Waals surface area contributed by atoms with Gasteiger partial charge in [-0.05, 0) is 43.0 Å². The van der Waals surface area contributed by atoms with Gasteiger partial charge in [0.25, 0.3) is 0 Å². The van der Waals surface area contributed by atoms with Crippen molar-refractivity contribution in [2.24, 2.45) is 5.92 Å². The maximum absolute atomic E-state index is 5.71. The molecule has 0 aliphatic heterocycles. The Balaban J connectivity index is 2.60. The van der Waals surface area contributed by atoms with Crippen LogP contribution >= 0.6 is 11.6 Å². The third-order valence-electron chi connectivity index (χ3n) is 2.60. The van der Waals surface area contributed by atoms with Crippen molar-refractivity contribution >= 4 is 11.6 Å². The summed E-state index contributed by atoms with van der Waals surface area (Å²) in [6.07, 6.45) is 1.81. The van der Waals surface area contributed by atoms with Crippen molar-refractivity contribution in [2.75, 3.05) is 12.5 Å². The molecule has 0 spiro atoms. The Morgan fingerprint density at radius 1 is 1.33 bits per heavy atom. The predicted molar refractivity (Wildman–Crippen MR) is 78.3 cm³/mol. The van der Waals surface area contributed by atoms with Gasteiger partial charge in [-0.15, -0.1) is 11.6 Å². The van der Waals surface area contributed by atoms with E-state index in [9.17, 15) is 0 Å². The second-order valence-corrected chi connectivity index (χ2v) is 5.13. The van der Waals surface area contributed by atoms with E-state index in [1.165, 1.54) is 0 Å². The largest absolute Gasteiger partial charge is 0.494 e. The van der Waals surface area contributed by atoms with Crippen molar-refractivity contribution in [1.29, 1.82) is 0 Å². The van der Waals surface area contributed by atoms with E-state index >= 15 is 0 Å². The molecule has 0 aliphatic carbocycles. The highest BCUT2D eigenvalue weighted by Crippen LogP contribution is 2.17. The molecule has 1 aromatic rings. The maximum atomic E-state index is 5.71. The van der Waals surface area contributed by atoms with Crippen LogP contribution in [0.2, 0.25) is 0 Å². The lowest BCUT2D eigenvalue weighted by atomic mass is 10.1. The minimum absolute atomic E-state index is 0.586. The van der Waals surface area contributed by atoms with Crippen LogP contribution in [0.1, 0.15) is 37.8 Å². The zero-order chi connectivity index (χ0) is 13.4. The molecule has 0 unspecified atom stereocenters. The Bertz CT molecular complexity index is 426. The fourth-order valence-electron chi connectivity index (χ4n) is 1.48. The number of aryl methyl sites for hydroxylation is 1. The van der Waals surface area contributed by atoms with E-state index in [0.29, 0.717) is 11.8 Å². The molecule has 0 radical (unpaired) electrons. The third kappa shape index (κ3) is 5.47. The topological polar surface area (TPSA) is 9.23 Å². The van der Waals surface area contributed by atoms with E-state index < -0.39 is 0 Å². The highest BCUT2D eigenvalue weighted by molar-refractivity contribution is 6.18. The summed E-state index contributed by atoms with van der Waals surface area (Å²) in [6, 6.07) is 6.05. The van der Waals surface area contributed by atoms with Gasteiger partial charge in [-0.25, -0.2) is 0 Å². The molecule has 1 aromatic carbocycles. The monoisotopic (exact) mass is 264 g/mol. The first kappa shape index (κ1) is 14.9. The summed E-state index contributed by atoms with van der Waals surface area (Å²) < 4.78 is 5.71. The fourth-order valence-corrected chi connectivity index (χ4v) is 1.58. The molecule has 0 bridgehead atoms. The third-order valence-corrected chi connectivity index (χ3v) is 2.79. The van der Waals surface area contributed by atoms with E-state index in [1.54, 1.807) is 0 Å². The predicted octanol–water partition coefficient (Wildman–Crippen LogP) is 4.40. The minimum Gasteiger partial charge on any atom is -0.494 e. The van der Waals surface area contributed by atoms with Gasteiger partial charge in [0, 0.05) is 17.9 Å². The van der Waals surface area contributed by atoms with Crippen LogP contribution in [0.3, 0.4) is 0 Å². The molecular weight excluding hydrogens is 244 g/mol. The zero-order valence-electron chi connectivity index (χ0n) is 11.4. The number of ether oxygens (including phenoxy) is 1. The molecule has 0 aromatic heterocycles. The first-order chi connectivity index (χ1) is 8.63. The lowest BCUT2D eigenvalue weighted by Gasteiger charge is -2.09. The number of rotatable bonds is 5. The Morgan fingerprint density at radius 2 is 2.11 bits per heavy atom. The Hall–Kier alpha value is -1.13. The van der Waals surface area contributed by atoms with Gasteiger partial charge in [-0.2, -0.15) is 0 Å². The standard InChI is InChI=1S/C16H21ClO/c1-13(2)9-11-18-16-8-7-15(14(3)12-16)6-4-5-10-17/h7-8,12-13H,5,9-11H2,1-3H3. The molecule has 0 atom stereocenters. The second kappa shape index (κ2) is 8.06. The molecule has 1 rings (SSSR count). The lowest BCUT2D eigenvalue weighted by molar-refractivity contribution is 0.289. The Kier molecular flexibility index (Phi) is 6.68. The number of halogens is 1. The quantitative estimate of drug-likeness (QED) is 0.566. The van der Waals surface area contributed by atoms with Crippen molar-refractivity contribution in [2.45, 2.75) is 33.6 Å². The summed E-state index contributed by atoms with van der Waals surface area (Å²) in [5, 5.41) is 0. The smallest absolute Gasteiger partial charge is 0.119 e. The van der Waals surface area contributed by atoms with Crippen LogP contribution in [-0.4, -0.2) is 12.5 Å². The van der Waals surface area contributed by atoms with E-state index in [-0.39, 0.29) is 0 Å². The van der Waals surface area contributed by atoms with E-state index in [2.05, 4.69) is 32.6 Å². The van der Waals surface area contributed by atoms with Gasteiger partial charge in [-0.1, -0.05) is 25.7 Å². The van der Waals surface area contributed by atoms with Crippen molar-refractivity contribution in [1.82, 2.24) is 0 Å². The SMILES string of the molecule is Cc1cc(OCCC(C)C)ccc1C#CCCCl. The highest BCUT2D eigenvalue weighted by atomic mass is 35.5. The number of hydrogen-bond donors (Lipinski definition) is 0. The normalized spacial score (nSPS) is 10.1. The van der Waals surface area contributed by atoms with Gasteiger partial charge in [0.2, 0.25) is 0 Å². The van der Waals surface area contributed by atoms with Crippen LogP contribution in [0.25, 0.3) is 0 Å². The summed E-state index contributed by atoms with van der Waals surface area (Å²) in [5.41, 5.74) is 2.20. The van der Waals surface area contributed by atoms with E-state index in [1.807, 2.05) is 18.2 Å². The summed E-state index contributed by atoms with van der Waals surface area (Å²) in [5.74, 6) is 8.36. The van der Waals surface area contributed by atoms with Crippen molar-refractivity contribution in [3.05, 3.63) is 29.3 Å². The molecular formula is C16H21ClO. The molecule has 0 fully saturated rings. The minimum atomic E-state index is 0.586. The molecule has 0 N–H and O–H groups in total. The number of alkyl halides is 1. The van der Waals surface area contributed by atoms with Crippen LogP contribution in [0.5, 0.6) is 5.75 Å². The average molecular weight is 265 g/mol. The first-order valence-corrected chi connectivity index (χ1v) is 6.95. The summed E-state index contributed by atoms with van der Waals surface area (Å²) in [4.78, 5) is 0. The molecule has 0 amide bonds. The van der Waals surface area contributed by atoms with Crippen LogP contribution in [0.4, 0.5) is 0 Å². The van der Waals surface area contributed by atoms with Gasteiger partial charge >= 0.3 is 0 Å². The molecule has 0 saturated heterocycles. The highest BCUT2D eigenvalue weighted by Gasteiger charge is 2.00. The Labute approximate surface area is 115 Å². The number of benzene rings is 1. The maximum Gasteiger partial charge on any atom is 0.119 e. The molecule has 2 heteroatoms. The van der Waals surface area contributed by atoms with Crippen LogP contribution in [0.15, 0.2) is 18.2 Å². The van der Waals surface area contributed by atoms with Crippen LogP contribution in [0, 0.1) is 24.7 Å². The summed E-state index contributed by atoms with van der Waals surface area (Å²) in [7, 11) is 0. The molecule has 18 heavy (non-hydrogen) atoms. The van der Waals surface area contributed by atoms with Crippen molar-refractivity contribution in [3.8, 4) is 17.6 Å². The molecule has 1 nitrogen and oxygen atoms in total. The Morgan fingerprint density at radius 3 is 2.72 bits per heavy atom. The van der Waals surface area contributed by atoms with Gasteiger partial charge in [0.05, 0.1) is 6.61 Å².